The smallest absolute Gasteiger partial charge is 0.0781 e. The molecule has 4 nitrogen and oxygen atoms in total. The predicted molar refractivity (Wildman–Crippen MR) is 54.3 cm³/mol. The number of halogens is 1. The monoisotopic (exact) mass is 208 g/mol. The second-order valence-corrected chi connectivity index (χ2v) is 3.25. The summed E-state index contributed by atoms with van der Waals surface area (Å²) in [5, 5.41) is 8.42. The quantitative estimate of drug-likeness (QED) is 0.811. The van der Waals surface area contributed by atoms with Crippen LogP contribution in [0.3, 0.4) is 0 Å². The van der Waals surface area contributed by atoms with Crippen LogP contribution in [0, 0.1) is 0 Å². The summed E-state index contributed by atoms with van der Waals surface area (Å²) in [6.45, 7) is 0.412. The largest absolute Gasteiger partial charge is 0.325 e. The summed E-state index contributed by atoms with van der Waals surface area (Å²) >= 11 is 5.78. The lowest BCUT2D eigenvalue weighted by atomic mass is 10.3. The average molecular weight is 209 g/mol. The van der Waals surface area contributed by atoms with E-state index in [1.54, 1.807) is 23.0 Å². The highest BCUT2D eigenvalue weighted by Gasteiger charge is 2.03. The molecular formula is C9H9ClN4. The first kappa shape index (κ1) is 9.18. The number of nitrogens with two attached hydrogens (primary N) is 1. The van der Waals surface area contributed by atoms with E-state index < -0.39 is 0 Å². The Morgan fingerprint density at radius 2 is 2.00 bits per heavy atom. The maximum atomic E-state index is 5.78. The maximum Gasteiger partial charge on any atom is 0.0781 e. The number of benzene rings is 1. The second-order valence-electron chi connectivity index (χ2n) is 2.82. The molecule has 0 saturated carbocycles. The number of hydrogen-bond donors (Lipinski definition) is 1. The third kappa shape index (κ3) is 1.62. The number of hydrogen-bond acceptors (Lipinski definition) is 3. The minimum absolute atomic E-state index is 0.412. The van der Waals surface area contributed by atoms with Crippen molar-refractivity contribution in [1.29, 1.82) is 0 Å². The first-order valence-corrected chi connectivity index (χ1v) is 4.54. The Labute approximate surface area is 86.3 Å². The summed E-state index contributed by atoms with van der Waals surface area (Å²) < 4.78 is 1.69. The lowest BCUT2D eigenvalue weighted by molar-refractivity contribution is 0.761. The summed E-state index contributed by atoms with van der Waals surface area (Å²) in [6, 6.07) is 7.35. The molecule has 0 saturated heterocycles. The van der Waals surface area contributed by atoms with Crippen LogP contribution in [0.5, 0.6) is 0 Å². The Morgan fingerprint density at radius 3 is 2.64 bits per heavy atom. The standard InChI is InChI=1S/C9H9ClN4/c10-7-1-3-8(4-2-7)14-9(5-11)6-12-13-14/h1-4,6H,5,11H2. The molecule has 0 atom stereocenters. The molecule has 72 valence electrons. The van der Waals surface area contributed by atoms with Crippen molar-refractivity contribution in [3.05, 3.63) is 41.2 Å². The van der Waals surface area contributed by atoms with Crippen LogP contribution in [0.2, 0.25) is 5.02 Å². The number of nitrogens with zero attached hydrogens (tertiary/aromatic N) is 3. The van der Waals surface area contributed by atoms with Gasteiger partial charge in [-0.25, -0.2) is 4.68 Å². The molecule has 5 heteroatoms. The number of rotatable bonds is 2. The van der Waals surface area contributed by atoms with E-state index in [4.69, 9.17) is 17.3 Å². The molecule has 0 radical (unpaired) electrons. The molecule has 1 aromatic heterocycles. The molecule has 0 aliphatic carbocycles. The van der Waals surface area contributed by atoms with Gasteiger partial charge in [0, 0.05) is 11.6 Å². The van der Waals surface area contributed by atoms with Gasteiger partial charge in [0.1, 0.15) is 0 Å². The van der Waals surface area contributed by atoms with Crippen LogP contribution in [-0.4, -0.2) is 15.0 Å². The Kier molecular flexibility index (Phi) is 2.47. The molecule has 1 heterocycles. The van der Waals surface area contributed by atoms with Gasteiger partial charge < -0.3 is 5.73 Å². The summed E-state index contributed by atoms with van der Waals surface area (Å²) in [6.07, 6.45) is 1.65. The zero-order valence-electron chi connectivity index (χ0n) is 7.39. The van der Waals surface area contributed by atoms with E-state index >= 15 is 0 Å². The van der Waals surface area contributed by atoms with E-state index in [-0.39, 0.29) is 0 Å². The van der Waals surface area contributed by atoms with Gasteiger partial charge in [-0.15, -0.1) is 5.10 Å². The fraction of sp³-hybridized carbons (Fsp3) is 0.111. The third-order valence-corrected chi connectivity index (χ3v) is 2.15. The van der Waals surface area contributed by atoms with Crippen LogP contribution in [0.25, 0.3) is 5.69 Å². The zero-order chi connectivity index (χ0) is 9.97. The molecule has 2 aromatic rings. The molecular weight excluding hydrogens is 200 g/mol. The summed E-state index contributed by atoms with van der Waals surface area (Å²) in [7, 11) is 0. The van der Waals surface area contributed by atoms with Crippen molar-refractivity contribution in [3.8, 4) is 5.69 Å². The normalized spacial score (nSPS) is 10.4. The zero-order valence-corrected chi connectivity index (χ0v) is 8.15. The topological polar surface area (TPSA) is 56.7 Å². The highest BCUT2D eigenvalue weighted by atomic mass is 35.5. The molecule has 0 bridgehead atoms. The van der Waals surface area contributed by atoms with E-state index in [2.05, 4.69) is 10.3 Å². The van der Waals surface area contributed by atoms with Crippen LogP contribution >= 0.6 is 11.6 Å². The molecule has 0 unspecified atom stereocenters. The molecule has 1 aromatic carbocycles. The van der Waals surface area contributed by atoms with Gasteiger partial charge in [-0.1, -0.05) is 16.8 Å². The highest BCUT2D eigenvalue weighted by Crippen LogP contribution is 2.13. The minimum Gasteiger partial charge on any atom is -0.325 e. The summed E-state index contributed by atoms with van der Waals surface area (Å²) in [4.78, 5) is 0. The van der Waals surface area contributed by atoms with E-state index in [1.807, 2.05) is 12.1 Å². The van der Waals surface area contributed by atoms with Gasteiger partial charge in [-0.2, -0.15) is 0 Å². The Bertz CT molecular complexity index is 421. The van der Waals surface area contributed by atoms with E-state index in [1.165, 1.54) is 0 Å². The van der Waals surface area contributed by atoms with Crippen LogP contribution in [0.4, 0.5) is 0 Å². The van der Waals surface area contributed by atoms with E-state index in [0.29, 0.717) is 11.6 Å². The van der Waals surface area contributed by atoms with Gasteiger partial charge in [0.2, 0.25) is 0 Å². The van der Waals surface area contributed by atoms with Crippen molar-refractivity contribution < 1.29 is 0 Å². The van der Waals surface area contributed by atoms with E-state index in [0.717, 1.165) is 11.4 Å². The molecule has 0 aliphatic heterocycles. The predicted octanol–water partition coefficient (Wildman–Crippen LogP) is 1.38. The Hall–Kier alpha value is -1.39. The molecule has 14 heavy (non-hydrogen) atoms. The van der Waals surface area contributed by atoms with Crippen molar-refractivity contribution in [2.24, 2.45) is 5.73 Å². The minimum atomic E-state index is 0.412. The van der Waals surface area contributed by atoms with Gasteiger partial charge in [-0.05, 0) is 24.3 Å². The van der Waals surface area contributed by atoms with E-state index in [9.17, 15) is 0 Å². The second kappa shape index (κ2) is 3.77. The summed E-state index contributed by atoms with van der Waals surface area (Å²) in [5.41, 5.74) is 7.31. The SMILES string of the molecule is NCc1cnnn1-c1ccc(Cl)cc1. The van der Waals surface area contributed by atoms with Crippen molar-refractivity contribution in [1.82, 2.24) is 15.0 Å². The molecule has 0 aliphatic rings. The molecule has 2 rings (SSSR count). The Morgan fingerprint density at radius 1 is 1.29 bits per heavy atom. The van der Waals surface area contributed by atoms with Crippen LogP contribution in [-0.2, 0) is 6.54 Å². The molecule has 0 fully saturated rings. The molecule has 2 N–H and O–H groups in total. The third-order valence-electron chi connectivity index (χ3n) is 1.90. The Balaban J connectivity index is 2.44. The first-order valence-electron chi connectivity index (χ1n) is 4.17. The van der Waals surface area contributed by atoms with Gasteiger partial charge in [0.25, 0.3) is 0 Å². The maximum absolute atomic E-state index is 5.78. The first-order chi connectivity index (χ1) is 6.81. The van der Waals surface area contributed by atoms with Crippen molar-refractivity contribution >= 4 is 11.6 Å². The van der Waals surface area contributed by atoms with Crippen molar-refractivity contribution in [2.45, 2.75) is 6.54 Å². The summed E-state index contributed by atoms with van der Waals surface area (Å²) in [5.74, 6) is 0. The highest BCUT2D eigenvalue weighted by molar-refractivity contribution is 6.30. The molecule has 0 amide bonds. The lowest BCUT2D eigenvalue weighted by Crippen LogP contribution is -2.06. The van der Waals surface area contributed by atoms with Gasteiger partial charge >= 0.3 is 0 Å². The van der Waals surface area contributed by atoms with Gasteiger partial charge in [0.15, 0.2) is 0 Å². The van der Waals surface area contributed by atoms with Crippen LogP contribution < -0.4 is 5.73 Å². The van der Waals surface area contributed by atoms with Crippen LogP contribution in [0.1, 0.15) is 5.69 Å². The number of aromatic nitrogens is 3. The average Bonchev–Trinajstić information content (AvgIpc) is 2.67. The fourth-order valence-corrected chi connectivity index (χ4v) is 1.32. The van der Waals surface area contributed by atoms with Crippen molar-refractivity contribution in [2.75, 3.05) is 0 Å². The molecule has 0 spiro atoms. The van der Waals surface area contributed by atoms with Gasteiger partial charge in [0.05, 0.1) is 17.6 Å². The lowest BCUT2D eigenvalue weighted by Gasteiger charge is -2.03. The van der Waals surface area contributed by atoms with Crippen LogP contribution in [0.15, 0.2) is 30.5 Å². The fourth-order valence-electron chi connectivity index (χ4n) is 1.20. The van der Waals surface area contributed by atoms with Gasteiger partial charge in [-0.3, -0.25) is 0 Å². The van der Waals surface area contributed by atoms with Crippen molar-refractivity contribution in [3.63, 3.8) is 0 Å².